The lowest BCUT2D eigenvalue weighted by Crippen LogP contribution is -2.24. The summed E-state index contributed by atoms with van der Waals surface area (Å²) < 4.78 is 5.56. The Morgan fingerprint density at radius 3 is 2.86 bits per heavy atom. The molecule has 0 saturated carbocycles. The maximum atomic E-state index is 12.0. The molecule has 0 heterocycles. The molecule has 1 amide bonds. The van der Waals surface area contributed by atoms with Crippen molar-refractivity contribution in [3.05, 3.63) is 29.8 Å². The van der Waals surface area contributed by atoms with Crippen molar-refractivity contribution in [1.29, 1.82) is 0 Å². The Morgan fingerprint density at radius 1 is 1.43 bits per heavy atom. The first kappa shape index (κ1) is 16.8. The number of unbranched alkanes of at least 4 members (excludes halogenated alkanes) is 1. The number of carbonyl (C=O) groups excluding carboxylic acids is 1. The maximum absolute atomic E-state index is 12.0. The van der Waals surface area contributed by atoms with Gasteiger partial charge in [-0.15, -0.1) is 0 Å². The Kier molecular flexibility index (Phi) is 7.08. The molecule has 1 aromatic carbocycles. The van der Waals surface area contributed by atoms with Crippen LogP contribution in [0.4, 0.5) is 0 Å². The number of hydrogen-bond acceptors (Lipinski definition) is 4. The van der Waals surface area contributed by atoms with Crippen LogP contribution in [-0.4, -0.2) is 29.6 Å². The van der Waals surface area contributed by atoms with Crippen molar-refractivity contribution < 1.29 is 14.7 Å². The van der Waals surface area contributed by atoms with Crippen molar-refractivity contribution in [3.63, 3.8) is 0 Å². The molecule has 0 saturated heterocycles. The highest BCUT2D eigenvalue weighted by atomic mass is 16.5. The average Bonchev–Trinajstić information content (AvgIpc) is 2.46. The van der Waals surface area contributed by atoms with Crippen LogP contribution in [0.15, 0.2) is 29.4 Å². The van der Waals surface area contributed by atoms with Crippen LogP contribution in [0.3, 0.4) is 0 Å². The zero-order valence-corrected chi connectivity index (χ0v) is 12.5. The van der Waals surface area contributed by atoms with Gasteiger partial charge in [-0.05, 0) is 44.9 Å². The van der Waals surface area contributed by atoms with Crippen molar-refractivity contribution >= 4 is 11.7 Å². The minimum atomic E-state index is -0.131. The van der Waals surface area contributed by atoms with Crippen LogP contribution < -0.4 is 15.8 Å². The fraction of sp³-hybridized carbons (Fsp3) is 0.467. The molecular formula is C15H23N3O3. The number of amides is 1. The molecular weight excluding hydrogens is 270 g/mol. The molecule has 0 spiro atoms. The predicted octanol–water partition coefficient (Wildman–Crippen LogP) is 2.12. The first-order chi connectivity index (χ1) is 10.0. The van der Waals surface area contributed by atoms with Crippen LogP contribution in [0.2, 0.25) is 0 Å². The number of amidine groups is 1. The summed E-state index contributed by atoms with van der Waals surface area (Å²) >= 11 is 0. The highest BCUT2D eigenvalue weighted by Gasteiger charge is 2.07. The van der Waals surface area contributed by atoms with Gasteiger partial charge >= 0.3 is 0 Å². The number of benzene rings is 1. The van der Waals surface area contributed by atoms with Gasteiger partial charge in [0.2, 0.25) is 0 Å². The predicted molar refractivity (Wildman–Crippen MR) is 81.8 cm³/mol. The van der Waals surface area contributed by atoms with Gasteiger partial charge in [0, 0.05) is 18.5 Å². The monoisotopic (exact) mass is 293 g/mol. The summed E-state index contributed by atoms with van der Waals surface area (Å²) in [5, 5.41) is 14.1. The summed E-state index contributed by atoms with van der Waals surface area (Å²) in [5.74, 6) is 0.762. The van der Waals surface area contributed by atoms with Crippen LogP contribution in [0, 0.1) is 0 Å². The Labute approximate surface area is 125 Å². The van der Waals surface area contributed by atoms with E-state index in [9.17, 15) is 4.79 Å². The quantitative estimate of drug-likeness (QED) is 0.225. The third-order valence-corrected chi connectivity index (χ3v) is 2.74. The number of nitrogens with one attached hydrogen (secondary N) is 1. The average molecular weight is 293 g/mol. The summed E-state index contributed by atoms with van der Waals surface area (Å²) in [7, 11) is 0. The largest absolute Gasteiger partial charge is 0.491 e. The number of rotatable bonds is 8. The fourth-order valence-electron chi connectivity index (χ4n) is 1.77. The standard InChI is InChI=1S/C15H23N3O3/c1-11(2)21-13-7-5-6-12(10-13)15(19)17-9-4-3-8-14(16)18-20/h5-7,10-11,20H,3-4,8-9H2,1-2H3,(H2,16,18)(H,17,19). The Balaban J connectivity index is 2.38. The van der Waals surface area contributed by atoms with Crippen LogP contribution in [0.5, 0.6) is 5.75 Å². The molecule has 0 fully saturated rings. The third-order valence-electron chi connectivity index (χ3n) is 2.74. The molecule has 21 heavy (non-hydrogen) atoms. The van der Waals surface area contributed by atoms with Gasteiger partial charge < -0.3 is 21.0 Å². The van der Waals surface area contributed by atoms with Gasteiger partial charge in [0.05, 0.1) is 6.10 Å². The van der Waals surface area contributed by atoms with E-state index in [-0.39, 0.29) is 17.8 Å². The fourth-order valence-corrected chi connectivity index (χ4v) is 1.77. The van der Waals surface area contributed by atoms with Crippen LogP contribution in [0.1, 0.15) is 43.5 Å². The van der Waals surface area contributed by atoms with E-state index in [4.69, 9.17) is 15.7 Å². The van der Waals surface area contributed by atoms with E-state index in [1.165, 1.54) is 0 Å². The van der Waals surface area contributed by atoms with Gasteiger partial charge in [0.25, 0.3) is 5.91 Å². The van der Waals surface area contributed by atoms with Gasteiger partial charge in [-0.3, -0.25) is 4.79 Å². The maximum Gasteiger partial charge on any atom is 0.251 e. The molecule has 1 rings (SSSR count). The summed E-state index contributed by atoms with van der Waals surface area (Å²) in [6.45, 7) is 4.43. The second-order valence-corrected chi connectivity index (χ2v) is 5.00. The third kappa shape index (κ3) is 6.65. The SMILES string of the molecule is CC(C)Oc1cccc(C(=O)NCCCCC(N)=NO)c1. The molecule has 0 aliphatic heterocycles. The zero-order valence-electron chi connectivity index (χ0n) is 12.5. The normalized spacial score (nSPS) is 11.5. The van der Waals surface area contributed by atoms with E-state index in [1.807, 2.05) is 19.9 Å². The Morgan fingerprint density at radius 2 is 2.19 bits per heavy atom. The van der Waals surface area contributed by atoms with Gasteiger partial charge in [0.15, 0.2) is 0 Å². The van der Waals surface area contributed by atoms with Crippen molar-refractivity contribution in [1.82, 2.24) is 5.32 Å². The Hall–Kier alpha value is -2.24. The second kappa shape index (κ2) is 8.84. The number of nitrogens with zero attached hydrogens (tertiary/aromatic N) is 1. The second-order valence-electron chi connectivity index (χ2n) is 5.00. The van der Waals surface area contributed by atoms with Crippen molar-refractivity contribution in [2.24, 2.45) is 10.9 Å². The first-order valence-electron chi connectivity index (χ1n) is 7.04. The summed E-state index contributed by atoms with van der Waals surface area (Å²) in [6, 6.07) is 7.10. The molecule has 0 aliphatic rings. The molecule has 0 aliphatic carbocycles. The van der Waals surface area contributed by atoms with Gasteiger partial charge in [-0.2, -0.15) is 0 Å². The molecule has 116 valence electrons. The molecule has 0 unspecified atom stereocenters. The molecule has 6 heteroatoms. The summed E-state index contributed by atoms with van der Waals surface area (Å²) in [5.41, 5.74) is 5.93. The number of nitrogens with two attached hydrogens (primary N) is 1. The summed E-state index contributed by atoms with van der Waals surface area (Å²) in [6.07, 6.45) is 2.11. The van der Waals surface area contributed by atoms with E-state index in [1.54, 1.807) is 18.2 Å². The minimum absolute atomic E-state index is 0.0713. The molecule has 1 aromatic rings. The number of oxime groups is 1. The number of ether oxygens (including phenoxy) is 1. The Bertz CT molecular complexity index is 487. The molecule has 0 bridgehead atoms. The van der Waals surface area contributed by atoms with Crippen molar-refractivity contribution in [3.8, 4) is 5.75 Å². The van der Waals surface area contributed by atoms with Crippen LogP contribution >= 0.6 is 0 Å². The lowest BCUT2D eigenvalue weighted by molar-refractivity contribution is 0.0952. The molecule has 6 nitrogen and oxygen atoms in total. The van der Waals surface area contributed by atoms with Crippen molar-refractivity contribution in [2.75, 3.05) is 6.54 Å². The van der Waals surface area contributed by atoms with E-state index in [2.05, 4.69) is 10.5 Å². The van der Waals surface area contributed by atoms with Gasteiger partial charge in [-0.1, -0.05) is 11.2 Å². The van der Waals surface area contributed by atoms with E-state index in [0.29, 0.717) is 24.3 Å². The van der Waals surface area contributed by atoms with Crippen molar-refractivity contribution in [2.45, 2.75) is 39.2 Å². The van der Waals surface area contributed by atoms with E-state index >= 15 is 0 Å². The lowest BCUT2D eigenvalue weighted by Gasteiger charge is -2.11. The minimum Gasteiger partial charge on any atom is -0.491 e. The van der Waals surface area contributed by atoms with E-state index < -0.39 is 0 Å². The number of carbonyl (C=O) groups is 1. The van der Waals surface area contributed by atoms with E-state index in [0.717, 1.165) is 12.8 Å². The van der Waals surface area contributed by atoms with Crippen LogP contribution in [0.25, 0.3) is 0 Å². The highest BCUT2D eigenvalue weighted by Crippen LogP contribution is 2.14. The molecule has 0 atom stereocenters. The zero-order chi connectivity index (χ0) is 15.7. The molecule has 4 N–H and O–H groups in total. The highest BCUT2D eigenvalue weighted by molar-refractivity contribution is 5.94. The van der Waals surface area contributed by atoms with Gasteiger partial charge in [-0.25, -0.2) is 0 Å². The number of hydrogen-bond donors (Lipinski definition) is 3. The first-order valence-corrected chi connectivity index (χ1v) is 7.04. The topological polar surface area (TPSA) is 96.9 Å². The van der Waals surface area contributed by atoms with Crippen LogP contribution in [-0.2, 0) is 0 Å². The smallest absolute Gasteiger partial charge is 0.251 e. The molecule has 0 aromatic heterocycles. The van der Waals surface area contributed by atoms with Gasteiger partial charge in [0.1, 0.15) is 11.6 Å². The lowest BCUT2D eigenvalue weighted by atomic mass is 10.2. The molecule has 0 radical (unpaired) electrons. The summed E-state index contributed by atoms with van der Waals surface area (Å²) in [4.78, 5) is 12.0.